The Morgan fingerprint density at radius 3 is 2.60 bits per heavy atom. The number of hydrogen-bond acceptors (Lipinski definition) is 3. The first-order valence-electron chi connectivity index (χ1n) is 7.58. The molecule has 2 amide bonds. The van der Waals surface area contributed by atoms with E-state index in [9.17, 15) is 14.0 Å². The van der Waals surface area contributed by atoms with Gasteiger partial charge in [0.2, 0.25) is 11.8 Å². The Kier molecular flexibility index (Phi) is 6.65. The summed E-state index contributed by atoms with van der Waals surface area (Å²) >= 11 is 5.86. The molecule has 0 fully saturated rings. The maximum atomic E-state index is 13.4. The maximum Gasteiger partial charge on any atom is 0.240 e. The third kappa shape index (κ3) is 6.00. The molecule has 0 bridgehead atoms. The monoisotopic (exact) mass is 361 g/mol. The molecule has 0 aromatic heterocycles. The second-order valence-corrected chi connectivity index (χ2v) is 5.76. The number of nitrogens with one attached hydrogen (secondary N) is 2. The summed E-state index contributed by atoms with van der Waals surface area (Å²) in [7, 11) is 0. The van der Waals surface area contributed by atoms with Gasteiger partial charge in [0.05, 0.1) is 6.21 Å². The van der Waals surface area contributed by atoms with E-state index in [1.54, 1.807) is 30.3 Å². The number of rotatable bonds is 6. The standard InChI is InChI=1S/C18H17ClFN3O2/c1-12-10-14(19)6-7-16(12)22-17(24)8-9-18(25)23-21-11-13-4-2-3-5-15(13)20/h2-7,10-11H,8-9H2,1H3,(H,22,24)(H,23,25)/b21-11-. The number of halogens is 2. The molecule has 25 heavy (non-hydrogen) atoms. The minimum absolute atomic E-state index is 0.00309. The fourth-order valence-corrected chi connectivity index (χ4v) is 2.24. The van der Waals surface area contributed by atoms with Crippen molar-refractivity contribution in [2.45, 2.75) is 19.8 Å². The summed E-state index contributed by atoms with van der Waals surface area (Å²) in [5.41, 5.74) is 4.00. The average molecular weight is 362 g/mol. The summed E-state index contributed by atoms with van der Waals surface area (Å²) < 4.78 is 13.4. The molecule has 2 aromatic carbocycles. The predicted octanol–water partition coefficient (Wildman–Crippen LogP) is 3.66. The van der Waals surface area contributed by atoms with Gasteiger partial charge in [-0.2, -0.15) is 5.10 Å². The van der Waals surface area contributed by atoms with Crippen LogP contribution in [0.5, 0.6) is 0 Å². The molecular weight excluding hydrogens is 345 g/mol. The van der Waals surface area contributed by atoms with E-state index in [-0.39, 0.29) is 24.3 Å². The van der Waals surface area contributed by atoms with Crippen LogP contribution in [0.3, 0.4) is 0 Å². The van der Waals surface area contributed by atoms with Crippen molar-refractivity contribution in [3.63, 3.8) is 0 Å². The van der Waals surface area contributed by atoms with Crippen molar-refractivity contribution in [3.8, 4) is 0 Å². The zero-order valence-corrected chi connectivity index (χ0v) is 14.3. The second kappa shape index (κ2) is 8.94. The van der Waals surface area contributed by atoms with Crippen LogP contribution >= 0.6 is 11.6 Å². The number of hydrogen-bond donors (Lipinski definition) is 2. The number of benzene rings is 2. The molecule has 0 atom stereocenters. The van der Waals surface area contributed by atoms with Crippen molar-refractivity contribution >= 4 is 35.3 Å². The van der Waals surface area contributed by atoms with E-state index in [0.717, 1.165) is 5.56 Å². The van der Waals surface area contributed by atoms with E-state index in [4.69, 9.17) is 11.6 Å². The van der Waals surface area contributed by atoms with Crippen molar-refractivity contribution < 1.29 is 14.0 Å². The molecule has 2 N–H and O–H groups in total. The number of carbonyl (C=O) groups excluding carboxylic acids is 2. The minimum Gasteiger partial charge on any atom is -0.326 e. The maximum absolute atomic E-state index is 13.4. The molecule has 0 unspecified atom stereocenters. The Morgan fingerprint density at radius 1 is 1.16 bits per heavy atom. The molecule has 0 saturated heterocycles. The normalized spacial score (nSPS) is 10.7. The summed E-state index contributed by atoms with van der Waals surface area (Å²) in [6.07, 6.45) is 1.18. The topological polar surface area (TPSA) is 70.6 Å². The minimum atomic E-state index is -0.435. The lowest BCUT2D eigenvalue weighted by Gasteiger charge is -2.08. The summed E-state index contributed by atoms with van der Waals surface area (Å²) in [6.45, 7) is 1.83. The van der Waals surface area contributed by atoms with Crippen LogP contribution in [0.25, 0.3) is 0 Å². The second-order valence-electron chi connectivity index (χ2n) is 5.32. The Labute approximate surface area is 149 Å². The summed E-state index contributed by atoms with van der Waals surface area (Å²) in [5.74, 6) is -1.16. The largest absolute Gasteiger partial charge is 0.326 e. The number of nitrogens with zero attached hydrogens (tertiary/aromatic N) is 1. The van der Waals surface area contributed by atoms with Crippen molar-refractivity contribution in [1.29, 1.82) is 0 Å². The van der Waals surface area contributed by atoms with Gasteiger partial charge in [-0.3, -0.25) is 9.59 Å². The Hall–Kier alpha value is -2.73. The number of aryl methyl sites for hydroxylation is 1. The van der Waals surface area contributed by atoms with Gasteiger partial charge in [0, 0.05) is 29.1 Å². The fourth-order valence-electron chi connectivity index (χ4n) is 2.02. The molecule has 0 aliphatic carbocycles. The van der Waals surface area contributed by atoms with Crippen LogP contribution in [0.2, 0.25) is 5.02 Å². The first-order chi connectivity index (χ1) is 12.0. The molecule has 2 aromatic rings. The van der Waals surface area contributed by atoms with E-state index in [1.165, 1.54) is 18.3 Å². The molecule has 2 rings (SSSR count). The van der Waals surface area contributed by atoms with E-state index in [1.807, 2.05) is 6.92 Å². The molecule has 0 aliphatic heterocycles. The fraction of sp³-hybridized carbons (Fsp3) is 0.167. The molecule has 5 nitrogen and oxygen atoms in total. The van der Waals surface area contributed by atoms with Crippen molar-refractivity contribution in [1.82, 2.24) is 5.43 Å². The Balaban J connectivity index is 1.77. The number of anilines is 1. The molecule has 0 heterocycles. The van der Waals surface area contributed by atoms with E-state index in [2.05, 4.69) is 15.8 Å². The quantitative estimate of drug-likeness (QED) is 0.609. The summed E-state index contributed by atoms with van der Waals surface area (Å²) in [5, 5.41) is 6.98. The first-order valence-corrected chi connectivity index (χ1v) is 7.96. The number of carbonyl (C=O) groups is 2. The van der Waals surface area contributed by atoms with Gasteiger partial charge in [0.25, 0.3) is 0 Å². The van der Waals surface area contributed by atoms with Crippen molar-refractivity contribution in [2.75, 3.05) is 5.32 Å². The van der Waals surface area contributed by atoms with Crippen molar-refractivity contribution in [3.05, 3.63) is 64.4 Å². The summed E-state index contributed by atoms with van der Waals surface area (Å²) in [4.78, 5) is 23.6. The van der Waals surface area contributed by atoms with Crippen LogP contribution in [-0.4, -0.2) is 18.0 Å². The average Bonchev–Trinajstić information content (AvgIpc) is 2.57. The van der Waals surface area contributed by atoms with Gasteiger partial charge >= 0.3 is 0 Å². The van der Waals surface area contributed by atoms with E-state index in [0.29, 0.717) is 10.7 Å². The summed E-state index contributed by atoms with van der Waals surface area (Å²) in [6, 6.07) is 11.2. The van der Waals surface area contributed by atoms with Gasteiger partial charge < -0.3 is 5.32 Å². The van der Waals surface area contributed by atoms with E-state index >= 15 is 0 Å². The lowest BCUT2D eigenvalue weighted by molar-refractivity contribution is -0.124. The van der Waals surface area contributed by atoms with Gasteiger partial charge in [0.15, 0.2) is 0 Å². The Bertz CT molecular complexity index is 809. The zero-order chi connectivity index (χ0) is 18.2. The molecule has 0 spiro atoms. The van der Waals surface area contributed by atoms with Crippen LogP contribution in [-0.2, 0) is 9.59 Å². The van der Waals surface area contributed by atoms with Gasteiger partial charge in [-0.25, -0.2) is 9.82 Å². The highest BCUT2D eigenvalue weighted by molar-refractivity contribution is 6.30. The van der Waals surface area contributed by atoms with E-state index < -0.39 is 11.7 Å². The molecule has 7 heteroatoms. The molecular formula is C18H17ClFN3O2. The van der Waals surface area contributed by atoms with Crippen LogP contribution in [0.15, 0.2) is 47.6 Å². The highest BCUT2D eigenvalue weighted by Crippen LogP contribution is 2.19. The highest BCUT2D eigenvalue weighted by atomic mass is 35.5. The molecule has 0 radical (unpaired) electrons. The zero-order valence-electron chi connectivity index (χ0n) is 13.6. The smallest absolute Gasteiger partial charge is 0.240 e. The lowest BCUT2D eigenvalue weighted by Crippen LogP contribution is -2.21. The van der Waals surface area contributed by atoms with Crippen LogP contribution < -0.4 is 10.7 Å². The van der Waals surface area contributed by atoms with Crippen molar-refractivity contribution in [2.24, 2.45) is 5.10 Å². The molecule has 0 aliphatic rings. The third-order valence-electron chi connectivity index (χ3n) is 3.34. The van der Waals surface area contributed by atoms with Gasteiger partial charge in [0.1, 0.15) is 5.82 Å². The number of hydrazone groups is 1. The van der Waals surface area contributed by atoms with Crippen LogP contribution in [0, 0.1) is 12.7 Å². The van der Waals surface area contributed by atoms with Crippen LogP contribution in [0.4, 0.5) is 10.1 Å². The molecule has 0 saturated carbocycles. The van der Waals surface area contributed by atoms with Gasteiger partial charge in [-0.15, -0.1) is 0 Å². The SMILES string of the molecule is Cc1cc(Cl)ccc1NC(=O)CCC(=O)N/N=C\c1ccccc1F. The Morgan fingerprint density at radius 2 is 1.88 bits per heavy atom. The van der Waals surface area contributed by atoms with Crippen LogP contribution in [0.1, 0.15) is 24.0 Å². The third-order valence-corrected chi connectivity index (χ3v) is 3.57. The highest BCUT2D eigenvalue weighted by Gasteiger charge is 2.08. The number of amides is 2. The van der Waals surface area contributed by atoms with Gasteiger partial charge in [-0.05, 0) is 36.8 Å². The lowest BCUT2D eigenvalue weighted by atomic mass is 10.2. The first kappa shape index (κ1) is 18.6. The molecule has 130 valence electrons. The van der Waals surface area contributed by atoms with Gasteiger partial charge in [-0.1, -0.05) is 29.8 Å². The predicted molar refractivity (Wildman–Crippen MR) is 96.2 cm³/mol.